The molecule has 1 aromatic heterocycles. The van der Waals surface area contributed by atoms with Crippen LogP contribution in [0.25, 0.3) is 23.1 Å². The van der Waals surface area contributed by atoms with Crippen LogP contribution in [0.3, 0.4) is 0 Å². The van der Waals surface area contributed by atoms with Crippen molar-refractivity contribution >= 4 is 28.7 Å². The lowest BCUT2D eigenvalue weighted by Gasteiger charge is -2.05. The standard InChI is InChI=1S/C19H16N2O4/c1-24-16-10-13(11-17(12-16)25-2)6-8-15-9-7-14-4-3-5-18(21(22)23)19(14)20-15/h3-12H,1-2H3. The zero-order valence-corrected chi connectivity index (χ0v) is 13.8. The molecule has 0 amide bonds. The van der Waals surface area contributed by atoms with E-state index in [0.29, 0.717) is 22.7 Å². The molecule has 0 fully saturated rings. The van der Waals surface area contributed by atoms with Gasteiger partial charge in [-0.2, -0.15) is 0 Å². The van der Waals surface area contributed by atoms with Gasteiger partial charge in [-0.3, -0.25) is 10.1 Å². The summed E-state index contributed by atoms with van der Waals surface area (Å²) < 4.78 is 10.5. The molecule has 3 rings (SSSR count). The lowest BCUT2D eigenvalue weighted by Crippen LogP contribution is -1.92. The number of benzene rings is 2. The summed E-state index contributed by atoms with van der Waals surface area (Å²) in [4.78, 5) is 15.2. The van der Waals surface area contributed by atoms with Gasteiger partial charge >= 0.3 is 0 Å². The van der Waals surface area contributed by atoms with E-state index in [1.54, 1.807) is 38.5 Å². The van der Waals surface area contributed by atoms with E-state index >= 15 is 0 Å². The Morgan fingerprint density at radius 1 is 1.00 bits per heavy atom. The van der Waals surface area contributed by atoms with Gasteiger partial charge in [0.15, 0.2) is 0 Å². The Balaban J connectivity index is 1.99. The van der Waals surface area contributed by atoms with E-state index in [-0.39, 0.29) is 5.69 Å². The number of methoxy groups -OCH3 is 2. The van der Waals surface area contributed by atoms with Crippen molar-refractivity contribution in [1.82, 2.24) is 4.98 Å². The van der Waals surface area contributed by atoms with Crippen molar-refractivity contribution in [2.24, 2.45) is 0 Å². The Morgan fingerprint density at radius 3 is 2.36 bits per heavy atom. The van der Waals surface area contributed by atoms with Crippen LogP contribution in [0.5, 0.6) is 11.5 Å². The normalized spacial score (nSPS) is 11.0. The fourth-order valence-corrected chi connectivity index (χ4v) is 2.49. The van der Waals surface area contributed by atoms with Gasteiger partial charge in [-0.1, -0.05) is 24.3 Å². The number of rotatable bonds is 5. The molecule has 1 heterocycles. The molecule has 6 heteroatoms. The molecule has 0 saturated heterocycles. The van der Waals surface area contributed by atoms with Crippen LogP contribution in [-0.4, -0.2) is 24.1 Å². The summed E-state index contributed by atoms with van der Waals surface area (Å²) in [6.45, 7) is 0. The van der Waals surface area contributed by atoms with E-state index in [0.717, 1.165) is 10.9 Å². The predicted octanol–water partition coefficient (Wildman–Crippen LogP) is 4.33. The highest BCUT2D eigenvalue weighted by atomic mass is 16.6. The van der Waals surface area contributed by atoms with Crippen molar-refractivity contribution in [3.05, 3.63) is 69.9 Å². The summed E-state index contributed by atoms with van der Waals surface area (Å²) >= 11 is 0. The van der Waals surface area contributed by atoms with Gasteiger partial charge in [0.2, 0.25) is 0 Å². The topological polar surface area (TPSA) is 74.5 Å². The minimum absolute atomic E-state index is 0.00389. The number of pyridine rings is 1. The van der Waals surface area contributed by atoms with Crippen LogP contribution < -0.4 is 9.47 Å². The van der Waals surface area contributed by atoms with Crippen LogP contribution in [0.4, 0.5) is 5.69 Å². The molecule has 0 aliphatic heterocycles. The van der Waals surface area contributed by atoms with Crippen molar-refractivity contribution in [3.8, 4) is 11.5 Å². The highest BCUT2D eigenvalue weighted by Crippen LogP contribution is 2.26. The SMILES string of the molecule is COc1cc(C=Cc2ccc3cccc([N+](=O)[O-])c3n2)cc(OC)c1. The van der Waals surface area contributed by atoms with Crippen LogP contribution in [0.2, 0.25) is 0 Å². The Morgan fingerprint density at radius 2 is 1.72 bits per heavy atom. The van der Waals surface area contributed by atoms with E-state index in [1.165, 1.54) is 6.07 Å². The third-order valence-corrected chi connectivity index (χ3v) is 3.74. The van der Waals surface area contributed by atoms with E-state index in [9.17, 15) is 10.1 Å². The van der Waals surface area contributed by atoms with Gasteiger partial charge in [-0.25, -0.2) is 4.98 Å². The minimum Gasteiger partial charge on any atom is -0.497 e. The largest absolute Gasteiger partial charge is 0.497 e. The number of hydrogen-bond acceptors (Lipinski definition) is 5. The maximum atomic E-state index is 11.2. The first-order chi connectivity index (χ1) is 12.1. The lowest BCUT2D eigenvalue weighted by molar-refractivity contribution is -0.383. The molecule has 0 N–H and O–H groups in total. The highest BCUT2D eigenvalue weighted by molar-refractivity contribution is 5.88. The Hall–Kier alpha value is -3.41. The zero-order valence-electron chi connectivity index (χ0n) is 13.8. The van der Waals surface area contributed by atoms with E-state index in [4.69, 9.17) is 9.47 Å². The number of ether oxygens (including phenoxy) is 2. The molecule has 0 radical (unpaired) electrons. The number of nitrogens with zero attached hydrogens (tertiary/aromatic N) is 2. The van der Waals surface area contributed by atoms with Crippen LogP contribution >= 0.6 is 0 Å². The molecule has 0 atom stereocenters. The van der Waals surface area contributed by atoms with Crippen molar-refractivity contribution in [2.45, 2.75) is 0 Å². The Bertz CT molecular complexity index is 945. The van der Waals surface area contributed by atoms with Crippen LogP contribution in [0.1, 0.15) is 11.3 Å². The van der Waals surface area contributed by atoms with Gasteiger partial charge in [-0.05, 0) is 29.8 Å². The first-order valence-electron chi connectivity index (χ1n) is 7.56. The summed E-state index contributed by atoms with van der Waals surface area (Å²) in [5.74, 6) is 1.36. The lowest BCUT2D eigenvalue weighted by atomic mass is 10.1. The molecule has 2 aromatic carbocycles. The number of hydrogen-bond donors (Lipinski definition) is 0. The number of fused-ring (bicyclic) bond motifs is 1. The molecule has 25 heavy (non-hydrogen) atoms. The number of nitro groups is 1. The fourth-order valence-electron chi connectivity index (χ4n) is 2.49. The molecule has 0 saturated carbocycles. The second-order valence-electron chi connectivity index (χ2n) is 5.32. The third-order valence-electron chi connectivity index (χ3n) is 3.74. The van der Waals surface area contributed by atoms with Gasteiger partial charge < -0.3 is 9.47 Å². The number of non-ortho nitro benzene ring substituents is 1. The van der Waals surface area contributed by atoms with E-state index in [1.807, 2.05) is 30.3 Å². The smallest absolute Gasteiger partial charge is 0.295 e. The Kier molecular flexibility index (Phi) is 4.61. The first-order valence-corrected chi connectivity index (χ1v) is 7.56. The quantitative estimate of drug-likeness (QED) is 0.512. The third kappa shape index (κ3) is 3.58. The van der Waals surface area contributed by atoms with Crippen molar-refractivity contribution in [3.63, 3.8) is 0 Å². The fraction of sp³-hybridized carbons (Fsp3) is 0.105. The molecular formula is C19H16N2O4. The molecule has 0 aliphatic carbocycles. The molecule has 0 spiro atoms. The van der Waals surface area contributed by atoms with Crippen LogP contribution in [-0.2, 0) is 0 Å². The molecule has 0 unspecified atom stereocenters. The van der Waals surface area contributed by atoms with Gasteiger partial charge in [0.1, 0.15) is 17.0 Å². The summed E-state index contributed by atoms with van der Waals surface area (Å²) in [7, 11) is 3.18. The number of aromatic nitrogens is 1. The monoisotopic (exact) mass is 336 g/mol. The molecular weight excluding hydrogens is 320 g/mol. The van der Waals surface area contributed by atoms with Gasteiger partial charge in [0, 0.05) is 17.5 Å². The predicted molar refractivity (Wildman–Crippen MR) is 96.9 cm³/mol. The summed E-state index contributed by atoms with van der Waals surface area (Å²) in [5, 5.41) is 11.9. The highest BCUT2D eigenvalue weighted by Gasteiger charge is 2.12. The zero-order chi connectivity index (χ0) is 17.8. The minimum atomic E-state index is -0.421. The average molecular weight is 336 g/mol. The van der Waals surface area contributed by atoms with Gasteiger partial charge in [-0.15, -0.1) is 0 Å². The first kappa shape index (κ1) is 16.4. The molecule has 6 nitrogen and oxygen atoms in total. The number of para-hydroxylation sites is 1. The molecule has 0 aliphatic rings. The molecule has 0 bridgehead atoms. The van der Waals surface area contributed by atoms with Crippen LogP contribution in [0, 0.1) is 10.1 Å². The van der Waals surface area contributed by atoms with Crippen molar-refractivity contribution < 1.29 is 14.4 Å². The van der Waals surface area contributed by atoms with Crippen molar-refractivity contribution in [1.29, 1.82) is 0 Å². The second-order valence-corrected chi connectivity index (χ2v) is 5.32. The second kappa shape index (κ2) is 7.00. The number of nitro benzene ring substituents is 1. The summed E-state index contributed by atoms with van der Waals surface area (Å²) in [5.41, 5.74) is 1.87. The van der Waals surface area contributed by atoms with Gasteiger partial charge in [0.05, 0.1) is 24.8 Å². The van der Waals surface area contributed by atoms with Crippen LogP contribution in [0.15, 0.2) is 48.5 Å². The summed E-state index contributed by atoms with van der Waals surface area (Å²) in [6.07, 6.45) is 3.65. The van der Waals surface area contributed by atoms with Crippen molar-refractivity contribution in [2.75, 3.05) is 14.2 Å². The maximum Gasteiger partial charge on any atom is 0.295 e. The molecule has 126 valence electrons. The Labute approximate surface area is 144 Å². The summed E-state index contributed by atoms with van der Waals surface area (Å²) in [6, 6.07) is 14.1. The van der Waals surface area contributed by atoms with E-state index in [2.05, 4.69) is 4.98 Å². The molecule has 3 aromatic rings. The maximum absolute atomic E-state index is 11.2. The average Bonchev–Trinajstić information content (AvgIpc) is 2.65. The van der Waals surface area contributed by atoms with Gasteiger partial charge in [0.25, 0.3) is 5.69 Å². The van der Waals surface area contributed by atoms with E-state index < -0.39 is 4.92 Å².